The molecule has 0 bridgehead atoms. The third kappa shape index (κ3) is 4.56. The lowest BCUT2D eigenvalue weighted by Gasteiger charge is -2.17. The number of sulfone groups is 1. The minimum absolute atomic E-state index is 0.0446. The molecule has 0 aromatic heterocycles. The van der Waals surface area contributed by atoms with E-state index in [-0.39, 0.29) is 30.7 Å². The maximum absolute atomic E-state index is 12.3. The summed E-state index contributed by atoms with van der Waals surface area (Å²) in [5, 5.41) is 9.44. The molecule has 0 spiro atoms. The van der Waals surface area contributed by atoms with Gasteiger partial charge in [-0.2, -0.15) is 0 Å². The molecular weight excluding hydrogens is 330 g/mol. The molecule has 2 rings (SSSR count). The molecule has 7 heteroatoms. The van der Waals surface area contributed by atoms with Crippen molar-refractivity contribution >= 4 is 21.7 Å². The van der Waals surface area contributed by atoms with Gasteiger partial charge in [0.05, 0.1) is 11.7 Å². The Morgan fingerprint density at radius 3 is 2.38 bits per heavy atom. The van der Waals surface area contributed by atoms with Gasteiger partial charge in [0.25, 0.3) is 0 Å². The highest BCUT2D eigenvalue weighted by Crippen LogP contribution is 2.33. The Morgan fingerprint density at radius 2 is 1.83 bits per heavy atom. The zero-order chi connectivity index (χ0) is 17.9. The molecule has 0 unspecified atom stereocenters. The van der Waals surface area contributed by atoms with Crippen LogP contribution in [0.3, 0.4) is 0 Å². The lowest BCUT2D eigenvalue weighted by Crippen LogP contribution is -2.35. The third-order valence-corrected chi connectivity index (χ3v) is 6.01. The lowest BCUT2D eigenvalue weighted by molar-refractivity contribution is -0.141. The number of hydrogen-bond acceptors (Lipinski definition) is 4. The van der Waals surface area contributed by atoms with Crippen LogP contribution < -0.4 is 0 Å². The number of carboxylic acid groups (broad SMARTS) is 1. The predicted octanol–water partition coefficient (Wildman–Crippen LogP) is 1.38. The van der Waals surface area contributed by atoms with Gasteiger partial charge in [-0.1, -0.05) is 44.2 Å². The van der Waals surface area contributed by atoms with E-state index in [0.717, 1.165) is 5.56 Å². The van der Waals surface area contributed by atoms with Crippen molar-refractivity contribution in [2.24, 2.45) is 11.8 Å². The summed E-state index contributed by atoms with van der Waals surface area (Å²) >= 11 is 0. The highest BCUT2D eigenvalue weighted by atomic mass is 32.2. The number of carbonyl (C=O) groups excluding carboxylic acids is 1. The minimum Gasteiger partial charge on any atom is -0.481 e. The van der Waals surface area contributed by atoms with E-state index in [1.54, 1.807) is 13.8 Å². The zero-order valence-electron chi connectivity index (χ0n) is 13.9. The van der Waals surface area contributed by atoms with Crippen LogP contribution in [0.25, 0.3) is 0 Å². The van der Waals surface area contributed by atoms with Crippen LogP contribution in [0, 0.1) is 11.8 Å². The Kier molecular flexibility index (Phi) is 5.64. The van der Waals surface area contributed by atoms with Crippen molar-refractivity contribution in [3.05, 3.63) is 35.9 Å². The van der Waals surface area contributed by atoms with E-state index in [2.05, 4.69) is 0 Å². The fourth-order valence-electron chi connectivity index (χ4n) is 3.14. The number of hydrogen-bond donors (Lipinski definition) is 1. The number of benzene rings is 1. The molecule has 1 fully saturated rings. The Balaban J connectivity index is 2.13. The van der Waals surface area contributed by atoms with E-state index in [1.807, 2.05) is 30.3 Å². The van der Waals surface area contributed by atoms with Crippen molar-refractivity contribution in [2.45, 2.75) is 19.8 Å². The molecule has 0 radical (unpaired) electrons. The van der Waals surface area contributed by atoms with Crippen molar-refractivity contribution in [1.29, 1.82) is 0 Å². The van der Waals surface area contributed by atoms with Gasteiger partial charge < -0.3 is 10.0 Å². The van der Waals surface area contributed by atoms with Crippen LogP contribution in [0.4, 0.5) is 0 Å². The molecule has 0 aliphatic carbocycles. The number of likely N-dealkylation sites (tertiary alicyclic amines) is 1. The second kappa shape index (κ2) is 7.34. The number of aliphatic carboxylic acids is 1. The molecule has 24 heavy (non-hydrogen) atoms. The molecule has 1 heterocycles. The van der Waals surface area contributed by atoms with Gasteiger partial charge in [0, 0.05) is 19.0 Å². The van der Waals surface area contributed by atoms with Crippen LogP contribution in [0.5, 0.6) is 0 Å². The summed E-state index contributed by atoms with van der Waals surface area (Å²) in [4.78, 5) is 25.2. The van der Waals surface area contributed by atoms with Crippen LogP contribution in [0.1, 0.15) is 25.3 Å². The molecule has 1 aromatic carbocycles. The number of carbonyl (C=O) groups is 2. The first kappa shape index (κ1) is 18.4. The van der Waals surface area contributed by atoms with Crippen molar-refractivity contribution in [3.63, 3.8) is 0 Å². The number of carboxylic acids is 1. The van der Waals surface area contributed by atoms with Gasteiger partial charge in [-0.15, -0.1) is 0 Å². The van der Waals surface area contributed by atoms with Gasteiger partial charge in [0.2, 0.25) is 5.91 Å². The molecule has 2 atom stereocenters. The molecule has 1 aromatic rings. The fraction of sp³-hybridized carbons (Fsp3) is 0.529. The summed E-state index contributed by atoms with van der Waals surface area (Å²) in [5.74, 6) is -3.17. The monoisotopic (exact) mass is 353 g/mol. The normalized spacial score (nSPS) is 21.2. The molecule has 1 amide bonds. The van der Waals surface area contributed by atoms with Crippen molar-refractivity contribution in [2.75, 3.05) is 24.6 Å². The predicted molar refractivity (Wildman–Crippen MR) is 90.4 cm³/mol. The average molecular weight is 353 g/mol. The van der Waals surface area contributed by atoms with Crippen molar-refractivity contribution < 1.29 is 23.1 Å². The molecular formula is C17H23NO5S. The third-order valence-electron chi connectivity index (χ3n) is 4.15. The molecule has 1 aliphatic rings. The quantitative estimate of drug-likeness (QED) is 0.834. The highest BCUT2D eigenvalue weighted by Gasteiger charge is 2.41. The van der Waals surface area contributed by atoms with E-state index in [0.29, 0.717) is 0 Å². The maximum atomic E-state index is 12.3. The number of amides is 1. The molecule has 0 saturated carbocycles. The fourth-order valence-corrected chi connectivity index (χ4v) is 4.83. The summed E-state index contributed by atoms with van der Waals surface area (Å²) < 4.78 is 24.0. The molecule has 1 saturated heterocycles. The van der Waals surface area contributed by atoms with Gasteiger partial charge in [-0.25, -0.2) is 8.42 Å². The van der Waals surface area contributed by atoms with Gasteiger partial charge in [-0.3, -0.25) is 9.59 Å². The largest absolute Gasteiger partial charge is 0.481 e. The molecule has 6 nitrogen and oxygen atoms in total. The van der Waals surface area contributed by atoms with Gasteiger partial charge in [-0.05, 0) is 11.5 Å². The Labute approximate surface area is 142 Å². The summed E-state index contributed by atoms with van der Waals surface area (Å²) in [5.41, 5.74) is 0.852. The zero-order valence-corrected chi connectivity index (χ0v) is 14.7. The van der Waals surface area contributed by atoms with Crippen molar-refractivity contribution in [3.8, 4) is 0 Å². The summed E-state index contributed by atoms with van der Waals surface area (Å²) in [6, 6.07) is 9.17. The van der Waals surface area contributed by atoms with Crippen LogP contribution in [-0.2, 0) is 19.4 Å². The SMILES string of the molecule is CC(C)CS(=O)(=O)CC(=O)N1C[C@H](C(=O)O)[C@H](c2ccccc2)C1. The smallest absolute Gasteiger partial charge is 0.308 e. The first-order valence-electron chi connectivity index (χ1n) is 7.95. The molecule has 1 aliphatic heterocycles. The average Bonchev–Trinajstić information content (AvgIpc) is 2.91. The maximum Gasteiger partial charge on any atom is 0.308 e. The Morgan fingerprint density at radius 1 is 1.21 bits per heavy atom. The molecule has 1 N–H and O–H groups in total. The highest BCUT2D eigenvalue weighted by molar-refractivity contribution is 7.92. The summed E-state index contributed by atoms with van der Waals surface area (Å²) in [6.45, 7) is 3.84. The summed E-state index contributed by atoms with van der Waals surface area (Å²) in [7, 11) is -3.48. The number of rotatable bonds is 6. The van der Waals surface area contributed by atoms with E-state index in [1.165, 1.54) is 4.90 Å². The van der Waals surface area contributed by atoms with Crippen LogP contribution in [-0.4, -0.2) is 54.9 Å². The van der Waals surface area contributed by atoms with Gasteiger partial charge in [0.1, 0.15) is 5.75 Å². The van der Waals surface area contributed by atoms with Crippen molar-refractivity contribution in [1.82, 2.24) is 4.90 Å². The first-order valence-corrected chi connectivity index (χ1v) is 9.77. The van der Waals surface area contributed by atoms with Crippen LogP contribution in [0.15, 0.2) is 30.3 Å². The Hall–Kier alpha value is -1.89. The minimum atomic E-state index is -3.48. The second-order valence-electron chi connectivity index (χ2n) is 6.71. The van der Waals surface area contributed by atoms with Gasteiger partial charge in [0.15, 0.2) is 9.84 Å². The summed E-state index contributed by atoms with van der Waals surface area (Å²) in [6.07, 6.45) is 0. The number of nitrogens with zero attached hydrogens (tertiary/aromatic N) is 1. The van der Waals surface area contributed by atoms with E-state index < -0.39 is 33.4 Å². The Bertz CT molecular complexity index is 699. The topological polar surface area (TPSA) is 91.8 Å². The first-order chi connectivity index (χ1) is 11.2. The van der Waals surface area contributed by atoms with E-state index in [4.69, 9.17) is 0 Å². The second-order valence-corrected chi connectivity index (χ2v) is 8.82. The standard InChI is InChI=1S/C17H23NO5S/c1-12(2)10-24(22,23)11-16(19)18-8-14(15(9-18)17(20)21)13-6-4-3-5-7-13/h3-7,12,14-15H,8-11H2,1-2H3,(H,20,21)/t14-,15-/m0/s1. The van der Waals surface area contributed by atoms with E-state index >= 15 is 0 Å². The lowest BCUT2D eigenvalue weighted by atomic mass is 9.89. The van der Waals surface area contributed by atoms with Crippen LogP contribution in [0.2, 0.25) is 0 Å². The van der Waals surface area contributed by atoms with E-state index in [9.17, 15) is 23.1 Å². The molecule has 132 valence electrons. The van der Waals surface area contributed by atoms with Crippen LogP contribution >= 0.6 is 0 Å². The van der Waals surface area contributed by atoms with Gasteiger partial charge >= 0.3 is 5.97 Å².